The predicted octanol–water partition coefficient (Wildman–Crippen LogP) is -0.631. The van der Waals surface area contributed by atoms with E-state index in [1.807, 2.05) is 0 Å². The second kappa shape index (κ2) is 10.1. The number of likely N-dealkylation sites (tertiary alicyclic amines) is 1. The van der Waals surface area contributed by atoms with Crippen LogP contribution in [0.5, 0.6) is 0 Å². The van der Waals surface area contributed by atoms with Crippen LogP contribution >= 0.6 is 12.6 Å². The third-order valence-electron chi connectivity index (χ3n) is 5.24. The van der Waals surface area contributed by atoms with E-state index in [4.69, 9.17) is 0 Å². The molecule has 0 aliphatic carbocycles. The van der Waals surface area contributed by atoms with Crippen LogP contribution < -0.4 is 16.0 Å². The normalized spacial score (nSPS) is 24.1. The van der Waals surface area contributed by atoms with Crippen LogP contribution in [0.3, 0.4) is 0 Å². The monoisotopic (exact) mass is 414 g/mol. The number of carbonyl (C=O) groups excluding carboxylic acids is 3. The van der Waals surface area contributed by atoms with Crippen molar-refractivity contribution >= 4 is 36.3 Å². The summed E-state index contributed by atoms with van der Waals surface area (Å²) in [5.41, 5.74) is 0. The van der Waals surface area contributed by atoms with Crippen molar-refractivity contribution in [3.63, 3.8) is 0 Å². The number of hydrogen-bond donors (Lipinski definition) is 5. The fourth-order valence-corrected chi connectivity index (χ4v) is 3.89. The maximum atomic E-state index is 12.7. The van der Waals surface area contributed by atoms with E-state index >= 15 is 0 Å². The summed E-state index contributed by atoms with van der Waals surface area (Å²) in [7, 11) is 0. The van der Waals surface area contributed by atoms with Crippen LogP contribution in [0.1, 0.15) is 39.5 Å². The van der Waals surface area contributed by atoms with Crippen molar-refractivity contribution < 1.29 is 24.3 Å². The van der Waals surface area contributed by atoms with Gasteiger partial charge in [-0.15, -0.1) is 0 Å². The lowest BCUT2D eigenvalue weighted by Crippen LogP contribution is -2.57. The Hall–Kier alpha value is -1.81. The number of hydrogen-bond acceptors (Lipinski definition) is 6. The van der Waals surface area contributed by atoms with Crippen molar-refractivity contribution in [3.8, 4) is 0 Å². The minimum atomic E-state index is -1.13. The molecule has 2 aliphatic heterocycles. The molecule has 0 spiro atoms. The van der Waals surface area contributed by atoms with Crippen LogP contribution in [0.25, 0.3) is 0 Å². The molecular weight excluding hydrogens is 384 g/mol. The molecule has 2 rings (SSSR count). The van der Waals surface area contributed by atoms with Crippen molar-refractivity contribution in [2.75, 3.05) is 18.8 Å². The highest BCUT2D eigenvalue weighted by Crippen LogP contribution is 2.21. The van der Waals surface area contributed by atoms with Gasteiger partial charge in [0, 0.05) is 12.3 Å². The molecule has 0 aromatic rings. The third kappa shape index (κ3) is 5.38. The molecule has 3 amide bonds. The van der Waals surface area contributed by atoms with Crippen LogP contribution in [0.4, 0.5) is 0 Å². The number of carbonyl (C=O) groups is 4. The highest BCUT2D eigenvalue weighted by atomic mass is 32.1. The molecule has 0 radical (unpaired) electrons. The van der Waals surface area contributed by atoms with E-state index in [1.165, 1.54) is 0 Å². The summed E-state index contributed by atoms with van der Waals surface area (Å²) in [4.78, 5) is 50.7. The van der Waals surface area contributed by atoms with Gasteiger partial charge < -0.3 is 26.0 Å². The Morgan fingerprint density at radius 2 is 1.89 bits per heavy atom. The molecule has 0 aromatic carbocycles. The van der Waals surface area contributed by atoms with Crippen molar-refractivity contribution in [1.29, 1.82) is 0 Å². The van der Waals surface area contributed by atoms with Gasteiger partial charge in [-0.2, -0.15) is 12.6 Å². The van der Waals surface area contributed by atoms with Crippen molar-refractivity contribution in [2.45, 2.75) is 63.7 Å². The summed E-state index contributed by atoms with van der Waals surface area (Å²) in [6.45, 7) is 4.68. The first kappa shape index (κ1) is 22.5. The van der Waals surface area contributed by atoms with Gasteiger partial charge in [0.2, 0.25) is 17.7 Å². The van der Waals surface area contributed by atoms with Gasteiger partial charge in [-0.3, -0.25) is 14.4 Å². The zero-order valence-corrected chi connectivity index (χ0v) is 17.2. The van der Waals surface area contributed by atoms with Crippen LogP contribution in [-0.4, -0.2) is 76.7 Å². The molecule has 2 fully saturated rings. The lowest BCUT2D eigenvalue weighted by molar-refractivity contribution is -0.144. The summed E-state index contributed by atoms with van der Waals surface area (Å²) in [5.74, 6) is -2.50. The highest BCUT2D eigenvalue weighted by molar-refractivity contribution is 7.80. The van der Waals surface area contributed by atoms with E-state index in [2.05, 4.69) is 28.6 Å². The maximum absolute atomic E-state index is 12.7. The summed E-state index contributed by atoms with van der Waals surface area (Å²) in [6.07, 6.45) is 2.96. The molecule has 4 unspecified atom stereocenters. The molecule has 28 heavy (non-hydrogen) atoms. The van der Waals surface area contributed by atoms with Crippen molar-refractivity contribution in [3.05, 3.63) is 0 Å². The fraction of sp³-hybridized carbons (Fsp3) is 0.778. The SMILES string of the molecule is CC(C)C(NC(=O)C(CS)NC(=O)C1CCCN1C(=O)C1CCCN1)C(=O)O. The lowest BCUT2D eigenvalue weighted by atomic mass is 10.0. The number of thiol groups is 1. The van der Waals surface area contributed by atoms with Gasteiger partial charge in [-0.25, -0.2) is 4.79 Å². The standard InChI is InChI=1S/C18H30N4O5S/c1-10(2)14(18(26)27)21-15(23)12(9-28)20-16(24)13-6-4-8-22(13)17(25)11-5-3-7-19-11/h10-14,19,28H,3-9H2,1-2H3,(H,20,24)(H,21,23)(H,26,27). The molecule has 4 atom stereocenters. The molecular formula is C18H30N4O5S. The molecule has 4 N–H and O–H groups in total. The van der Waals surface area contributed by atoms with E-state index in [9.17, 15) is 24.3 Å². The molecule has 0 bridgehead atoms. The van der Waals surface area contributed by atoms with E-state index in [1.54, 1.807) is 18.7 Å². The summed E-state index contributed by atoms with van der Waals surface area (Å²) in [5, 5.41) is 17.5. The number of nitrogens with zero attached hydrogens (tertiary/aromatic N) is 1. The number of aliphatic carboxylic acids is 1. The number of nitrogens with one attached hydrogen (secondary N) is 3. The second-order valence-corrected chi connectivity index (χ2v) is 8.02. The number of amides is 3. The molecule has 2 aliphatic rings. The lowest BCUT2D eigenvalue weighted by Gasteiger charge is -2.28. The molecule has 0 aromatic heterocycles. The molecule has 2 saturated heterocycles. The molecule has 2 heterocycles. The Morgan fingerprint density at radius 1 is 1.18 bits per heavy atom. The van der Waals surface area contributed by atoms with Crippen LogP contribution in [-0.2, 0) is 19.2 Å². The van der Waals surface area contributed by atoms with Crippen LogP contribution in [0.2, 0.25) is 0 Å². The van der Waals surface area contributed by atoms with E-state index in [0.717, 1.165) is 25.8 Å². The first-order valence-corrected chi connectivity index (χ1v) is 10.4. The Labute approximate surface area is 170 Å². The second-order valence-electron chi connectivity index (χ2n) is 7.65. The van der Waals surface area contributed by atoms with Gasteiger partial charge in [0.1, 0.15) is 18.1 Å². The van der Waals surface area contributed by atoms with Gasteiger partial charge in [0.25, 0.3) is 0 Å². The zero-order valence-electron chi connectivity index (χ0n) is 16.3. The van der Waals surface area contributed by atoms with Crippen LogP contribution in [0, 0.1) is 5.92 Å². The van der Waals surface area contributed by atoms with Gasteiger partial charge in [0.05, 0.1) is 6.04 Å². The largest absolute Gasteiger partial charge is 0.480 e. The van der Waals surface area contributed by atoms with Gasteiger partial charge in [-0.05, 0) is 38.1 Å². The summed E-state index contributed by atoms with van der Waals surface area (Å²) >= 11 is 4.12. The first-order valence-electron chi connectivity index (χ1n) is 9.74. The highest BCUT2D eigenvalue weighted by Gasteiger charge is 2.39. The zero-order chi connectivity index (χ0) is 20.8. The Kier molecular flexibility index (Phi) is 8.11. The Bertz CT molecular complexity index is 609. The minimum absolute atomic E-state index is 0.0207. The Balaban J connectivity index is 1.99. The minimum Gasteiger partial charge on any atom is -0.480 e. The molecule has 0 saturated carbocycles. The van der Waals surface area contributed by atoms with E-state index in [0.29, 0.717) is 13.0 Å². The maximum Gasteiger partial charge on any atom is 0.326 e. The number of carboxylic acid groups (broad SMARTS) is 1. The number of rotatable bonds is 8. The summed E-state index contributed by atoms with van der Waals surface area (Å²) in [6, 6.07) is -2.89. The first-order chi connectivity index (χ1) is 13.3. The van der Waals surface area contributed by atoms with Gasteiger partial charge >= 0.3 is 5.97 Å². The Morgan fingerprint density at radius 3 is 2.43 bits per heavy atom. The van der Waals surface area contributed by atoms with Gasteiger partial charge in [-0.1, -0.05) is 13.8 Å². The van der Waals surface area contributed by atoms with Gasteiger partial charge in [0.15, 0.2) is 0 Å². The van der Waals surface area contributed by atoms with E-state index in [-0.39, 0.29) is 23.6 Å². The topological polar surface area (TPSA) is 128 Å². The van der Waals surface area contributed by atoms with E-state index < -0.39 is 35.9 Å². The fourth-order valence-electron chi connectivity index (χ4n) is 3.63. The number of carboxylic acids is 1. The average molecular weight is 415 g/mol. The summed E-state index contributed by atoms with van der Waals surface area (Å²) < 4.78 is 0. The molecule has 158 valence electrons. The van der Waals surface area contributed by atoms with Crippen molar-refractivity contribution in [2.24, 2.45) is 5.92 Å². The quantitative estimate of drug-likeness (QED) is 0.337. The third-order valence-corrected chi connectivity index (χ3v) is 5.61. The predicted molar refractivity (Wildman–Crippen MR) is 106 cm³/mol. The molecule has 10 heteroatoms. The smallest absolute Gasteiger partial charge is 0.326 e. The van der Waals surface area contributed by atoms with Crippen LogP contribution in [0.15, 0.2) is 0 Å². The van der Waals surface area contributed by atoms with Crippen molar-refractivity contribution in [1.82, 2.24) is 20.9 Å². The average Bonchev–Trinajstić information content (AvgIpc) is 3.34. The molecule has 9 nitrogen and oxygen atoms in total.